The van der Waals surface area contributed by atoms with Crippen LogP contribution in [-0.4, -0.2) is 197 Å². The van der Waals surface area contributed by atoms with Crippen LogP contribution in [0.4, 0.5) is 10.5 Å². The quantitative estimate of drug-likeness (QED) is 0.0279. The van der Waals surface area contributed by atoms with Gasteiger partial charge in [0.2, 0.25) is 30.3 Å². The molecule has 7 N–H and O–H groups in total. The van der Waals surface area contributed by atoms with E-state index in [2.05, 4.69) is 10.2 Å². The molecule has 0 aromatic heterocycles. The Morgan fingerprint density at radius 1 is 0.841 bits per heavy atom. The summed E-state index contributed by atoms with van der Waals surface area (Å²) in [4.78, 5) is 117. The molecule has 15 atom stereocenters. The number of nitrogens with zero attached hydrogens (tertiary/aromatic N) is 3. The van der Waals surface area contributed by atoms with E-state index in [1.165, 1.54) is 51.2 Å². The largest absolute Gasteiger partial charge is 0.461 e. The summed E-state index contributed by atoms with van der Waals surface area (Å²) in [5.41, 5.74) is 1.08. The maximum Gasteiger partial charge on any atom is 0.410 e. The minimum absolute atomic E-state index is 0.0182. The molecule has 88 heavy (non-hydrogen) atoms. The molecule has 24 nitrogen and oxygen atoms in total. The summed E-state index contributed by atoms with van der Waals surface area (Å²) >= 11 is 1.34. The number of benzene rings is 2. The van der Waals surface area contributed by atoms with Crippen LogP contribution in [0.25, 0.3) is 0 Å². The number of methoxy groups -OCH3 is 2. The molecule has 0 spiro atoms. The molecule has 2 heterocycles. The van der Waals surface area contributed by atoms with E-state index in [1.54, 1.807) is 37.6 Å². The van der Waals surface area contributed by atoms with Gasteiger partial charge in [0.25, 0.3) is 6.47 Å². The number of amides is 4. The zero-order valence-corrected chi connectivity index (χ0v) is 54.0. The highest BCUT2D eigenvalue weighted by Gasteiger charge is 2.47. The van der Waals surface area contributed by atoms with Crippen molar-refractivity contribution in [1.29, 1.82) is 0 Å². The van der Waals surface area contributed by atoms with Crippen molar-refractivity contribution in [3.63, 3.8) is 0 Å². The van der Waals surface area contributed by atoms with Crippen LogP contribution in [0.15, 0.2) is 48.5 Å². The lowest BCUT2D eigenvalue weighted by Crippen LogP contribution is -2.59. The number of hydrogen-bond donors (Lipinski definition) is 6. The number of carbonyl (C=O) groups excluding carboxylic acids is 8. The summed E-state index contributed by atoms with van der Waals surface area (Å²) in [5.74, 6) is 1.08. The second-order valence-corrected chi connectivity index (χ2v) is 25.0. The lowest BCUT2D eigenvalue weighted by atomic mass is 9.83. The van der Waals surface area contributed by atoms with E-state index < -0.39 is 104 Å². The maximum atomic E-state index is 14.9. The Morgan fingerprint density at radius 2 is 1.52 bits per heavy atom. The van der Waals surface area contributed by atoms with Gasteiger partial charge in [-0.05, 0) is 78.9 Å². The van der Waals surface area contributed by atoms with E-state index in [-0.39, 0.29) is 102 Å². The molecule has 0 saturated carbocycles. The first-order valence-electron chi connectivity index (χ1n) is 30.4. The average molecular weight is 1260 g/mol. The van der Waals surface area contributed by atoms with Crippen LogP contribution in [0.1, 0.15) is 130 Å². The zero-order chi connectivity index (χ0) is 65.5. The first-order chi connectivity index (χ1) is 41.8. The van der Waals surface area contributed by atoms with Crippen LogP contribution in [0.2, 0.25) is 0 Å². The van der Waals surface area contributed by atoms with Gasteiger partial charge in [-0.3, -0.25) is 43.1 Å². The Morgan fingerprint density at radius 3 is 2.14 bits per heavy atom. The molecule has 25 heteroatoms. The van der Waals surface area contributed by atoms with E-state index >= 15 is 0 Å². The van der Waals surface area contributed by atoms with Crippen molar-refractivity contribution in [3.05, 3.63) is 59.7 Å². The van der Waals surface area contributed by atoms with Crippen LogP contribution in [0.3, 0.4) is 0 Å². The van der Waals surface area contributed by atoms with Crippen LogP contribution in [0, 0.1) is 35.5 Å². The summed E-state index contributed by atoms with van der Waals surface area (Å²) in [7, 11) is 6.08. The number of nitrogens with two attached hydrogens (primary N) is 1. The number of likely N-dealkylation sites (tertiary alicyclic amines) is 1. The Labute approximate surface area is 522 Å². The predicted molar refractivity (Wildman–Crippen MR) is 327 cm³/mol. The van der Waals surface area contributed by atoms with Crippen LogP contribution < -0.4 is 16.0 Å². The number of aliphatic hydroxyl groups excluding tert-OH is 4. The third-order valence-corrected chi connectivity index (χ3v) is 17.9. The molecule has 2 aromatic rings. The topological polar surface area (TPSA) is 330 Å². The molecule has 0 radical (unpaired) electrons. The molecule has 494 valence electrons. The van der Waals surface area contributed by atoms with Crippen molar-refractivity contribution >= 4 is 65.1 Å². The Hall–Kier alpha value is -5.61. The molecule has 2 aromatic carbocycles. The smallest absolute Gasteiger partial charge is 0.410 e. The number of carbonyl (C=O) groups is 8. The summed E-state index contributed by atoms with van der Waals surface area (Å²) in [5, 5.41) is 45.5. The van der Waals surface area contributed by atoms with Crippen LogP contribution in [0.5, 0.6) is 5.75 Å². The van der Waals surface area contributed by atoms with E-state index in [1.807, 2.05) is 65.0 Å². The number of nitrogens with one attached hydrogen (secondary N) is 1. The monoisotopic (exact) mass is 1260 g/mol. The highest BCUT2D eigenvalue weighted by molar-refractivity contribution is 7.99. The Bertz CT molecular complexity index is 2560. The van der Waals surface area contributed by atoms with Gasteiger partial charge in [0.05, 0.1) is 48.6 Å². The van der Waals surface area contributed by atoms with Gasteiger partial charge in [-0.2, -0.15) is 11.8 Å². The number of likely N-dealkylation sites (N-methyl/N-ethyl adjacent to an activating group) is 2. The van der Waals surface area contributed by atoms with Crippen molar-refractivity contribution in [2.75, 3.05) is 58.3 Å². The number of anilines is 1. The van der Waals surface area contributed by atoms with Gasteiger partial charge in [0.15, 0.2) is 11.6 Å². The molecule has 2 aliphatic rings. The maximum absolute atomic E-state index is 14.9. The van der Waals surface area contributed by atoms with Gasteiger partial charge in [0, 0.05) is 77.2 Å². The highest BCUT2D eigenvalue weighted by Crippen LogP contribution is 2.35. The Balaban J connectivity index is 1.50. The summed E-state index contributed by atoms with van der Waals surface area (Å²) in [6, 6.07) is 11.3. The fourth-order valence-electron chi connectivity index (χ4n) is 11.7. The second-order valence-electron chi connectivity index (χ2n) is 23.9. The van der Waals surface area contributed by atoms with Gasteiger partial charge < -0.3 is 64.1 Å². The fraction of sp³-hybridized carbons (Fsp3) is 0.683. The fourth-order valence-corrected chi connectivity index (χ4v) is 12.5. The van der Waals surface area contributed by atoms with Gasteiger partial charge in [-0.1, -0.05) is 92.1 Å². The van der Waals surface area contributed by atoms with E-state index in [0.717, 1.165) is 10.5 Å². The minimum atomic E-state index is -1.88. The number of rotatable bonds is 38. The molecule has 4 rings (SSSR count). The number of ether oxygens (including phenoxy) is 6. The SMILES string of the molecule is CC[C@H](C)[C@@H]([C@@H](CC(=O)N1CCC[C@H]1[C@H](OC)[C@@H](C)C(=O)C[C@H](C)[C@@H](O)c1ccccc1)OC)N(C)C(=O)[C@@H](CC(=O)[C@H](C(C)C)N(C)C(=O)OCc1cc(NC(=O)CSCCCCC(=O)CON)ccc1OC1OC(OC=O)C(O)C(O)C1O)C(C)C. The predicted octanol–water partition coefficient (Wildman–Crippen LogP) is 5.38. The van der Waals surface area contributed by atoms with Crippen LogP contribution in [-0.2, 0) is 68.7 Å². The van der Waals surface area contributed by atoms with Crippen molar-refractivity contribution in [2.45, 2.75) is 187 Å². The van der Waals surface area contributed by atoms with Crippen molar-refractivity contribution in [3.8, 4) is 5.75 Å². The zero-order valence-electron chi connectivity index (χ0n) is 53.2. The third-order valence-electron chi connectivity index (χ3n) is 16.9. The van der Waals surface area contributed by atoms with Gasteiger partial charge in [-0.15, -0.1) is 0 Å². The van der Waals surface area contributed by atoms with Gasteiger partial charge in [-0.25, -0.2) is 10.7 Å². The van der Waals surface area contributed by atoms with Crippen molar-refractivity contribution in [1.82, 2.24) is 14.7 Å². The van der Waals surface area contributed by atoms with E-state index in [0.29, 0.717) is 50.8 Å². The Kier molecular flexibility index (Phi) is 31.4. The van der Waals surface area contributed by atoms with Crippen molar-refractivity contribution < 1.29 is 92.0 Å². The summed E-state index contributed by atoms with van der Waals surface area (Å²) in [6.07, 6.45) is -8.99. The lowest BCUT2D eigenvalue weighted by Gasteiger charge is -2.41. The van der Waals surface area contributed by atoms with E-state index in [9.17, 15) is 58.8 Å². The second kappa shape index (κ2) is 36.9. The molecule has 4 amide bonds. The molecule has 2 aliphatic heterocycles. The van der Waals surface area contributed by atoms with Gasteiger partial charge in [0.1, 0.15) is 43.1 Å². The number of hydrogen-bond acceptors (Lipinski definition) is 21. The standard InChI is InChI=1S/C63H97N5O19S/c1-13-38(6)54(50(81-11)31-52(74)68-26-19-23-46(68)59(82-12)40(8)47(71)28-39(7)55(75)41-20-15-14-16-21-41)66(9)60(79)45(36(2)3)30-48(72)53(37(4)5)67(10)63(80)83-32-42-29-43(65-51(73)34-88-27-18-17-22-44(70)33-85-64)24-25-49(42)86-62-58(78)56(76)57(77)61(87-62)84-35-69/h14-16,20-21,24-25,29,35-40,45-46,50,53-59,61-62,75-78H,13,17-19,22-23,26-28,30-34,64H2,1-12H3,(H,65,73)/t38-,39-,40-,45-,46-,50+,53-,54-,55+,56?,57?,58?,59+,61?,62?/m0/s1. The molecule has 0 aliphatic carbocycles. The molecular weight excluding hydrogens is 1160 g/mol. The summed E-state index contributed by atoms with van der Waals surface area (Å²) < 4.78 is 34.1. The number of unbranched alkanes of at least 4 members (excludes halogenated alkanes) is 1. The van der Waals surface area contributed by atoms with E-state index in [4.69, 9.17) is 34.3 Å². The average Bonchev–Trinajstić information content (AvgIpc) is 3.90. The van der Waals surface area contributed by atoms with Crippen LogP contribution >= 0.6 is 11.8 Å². The van der Waals surface area contributed by atoms with Gasteiger partial charge >= 0.3 is 6.09 Å². The lowest BCUT2D eigenvalue weighted by molar-refractivity contribution is -0.321. The molecule has 5 unspecified atom stereocenters. The molecular formula is C63H97N5O19S. The molecule has 2 saturated heterocycles. The number of aliphatic hydroxyl groups is 4. The first-order valence-corrected chi connectivity index (χ1v) is 31.5. The number of ketones is 3. The highest BCUT2D eigenvalue weighted by atomic mass is 32.2. The molecule has 2 fully saturated rings. The normalized spacial score (nSPS) is 21.6. The molecule has 0 bridgehead atoms. The number of thioether (sulfide) groups is 1. The van der Waals surface area contributed by atoms with Crippen molar-refractivity contribution in [2.24, 2.45) is 41.4 Å². The first kappa shape index (κ1) is 74.9. The minimum Gasteiger partial charge on any atom is -0.461 e. The third kappa shape index (κ3) is 21.0. The number of Topliss-reactive ketones (excluding diaryl/α,β-unsaturated/α-hetero) is 3. The summed E-state index contributed by atoms with van der Waals surface area (Å²) in [6.45, 7) is 14.4.